The first-order chi connectivity index (χ1) is 12.2. The smallest absolute Gasteiger partial charge is 0.137 e. The molecule has 0 unspecified atom stereocenters. The van der Waals surface area contributed by atoms with Crippen molar-refractivity contribution in [3.05, 3.63) is 71.1 Å². The monoisotopic (exact) mass is 399 g/mol. The predicted octanol–water partition coefficient (Wildman–Crippen LogP) is 5.86. The van der Waals surface area contributed by atoms with E-state index in [1.54, 1.807) is 0 Å². The Labute approximate surface area is 157 Å². The van der Waals surface area contributed by atoms with Gasteiger partial charge in [0.25, 0.3) is 0 Å². The topological polar surface area (TPSA) is 35.3 Å². The Morgan fingerprint density at radius 1 is 1.00 bits per heavy atom. The minimum Gasteiger partial charge on any atom is -0.493 e. The van der Waals surface area contributed by atoms with Gasteiger partial charge in [-0.25, -0.2) is 0 Å². The Hall–Kier alpha value is -2.07. The molecule has 0 amide bonds. The van der Waals surface area contributed by atoms with Gasteiger partial charge in [0, 0.05) is 17.8 Å². The Morgan fingerprint density at radius 3 is 2.36 bits per heavy atom. The molecule has 0 atom stereocenters. The Kier molecular flexibility index (Phi) is 5.92. The molecule has 3 aromatic rings. The van der Waals surface area contributed by atoms with Gasteiger partial charge in [0.1, 0.15) is 11.5 Å². The number of rotatable bonds is 7. The first-order valence-electron chi connectivity index (χ1n) is 8.47. The molecule has 3 rings (SSSR count). The molecule has 0 aliphatic heterocycles. The number of hydrogen-bond donors (Lipinski definition) is 0. The quantitative estimate of drug-likeness (QED) is 0.368. The van der Waals surface area contributed by atoms with E-state index in [0.29, 0.717) is 6.61 Å². The second-order valence-electron chi connectivity index (χ2n) is 6.18. The van der Waals surface area contributed by atoms with Gasteiger partial charge in [-0.05, 0) is 54.7 Å². The van der Waals surface area contributed by atoms with Crippen LogP contribution < -0.4 is 4.74 Å². The maximum absolute atomic E-state index is 6.04. The largest absolute Gasteiger partial charge is 0.493 e. The van der Waals surface area contributed by atoms with E-state index >= 15 is 0 Å². The maximum Gasteiger partial charge on any atom is 0.137 e. The van der Waals surface area contributed by atoms with Crippen LogP contribution in [-0.4, -0.2) is 11.8 Å². The average molecular weight is 400 g/mol. The third-order valence-electron chi connectivity index (χ3n) is 4.13. The van der Waals surface area contributed by atoms with Crippen molar-refractivity contribution < 1.29 is 9.26 Å². The predicted molar refractivity (Wildman–Crippen MR) is 104 cm³/mol. The molecule has 0 fully saturated rings. The van der Waals surface area contributed by atoms with E-state index in [2.05, 4.69) is 71.3 Å². The third-order valence-corrected chi connectivity index (χ3v) is 4.70. The van der Waals surface area contributed by atoms with Crippen molar-refractivity contribution in [1.82, 2.24) is 5.16 Å². The highest BCUT2D eigenvalue weighted by atomic mass is 79.9. The Bertz CT molecular complexity index is 804. The second-order valence-corrected chi connectivity index (χ2v) is 6.74. The minimum absolute atomic E-state index is 0.663. The molecule has 25 heavy (non-hydrogen) atoms. The average Bonchev–Trinajstić information content (AvgIpc) is 3.09. The van der Waals surface area contributed by atoms with Crippen LogP contribution in [-0.2, 0) is 11.8 Å². The molecule has 0 saturated heterocycles. The summed E-state index contributed by atoms with van der Waals surface area (Å²) in [7, 11) is 0. The van der Waals surface area contributed by atoms with Crippen LogP contribution in [0.4, 0.5) is 0 Å². The summed E-state index contributed by atoms with van der Waals surface area (Å²) in [5.74, 6) is 1.89. The summed E-state index contributed by atoms with van der Waals surface area (Å²) in [6.07, 6.45) is 1.73. The molecule has 130 valence electrons. The summed E-state index contributed by atoms with van der Waals surface area (Å²) in [6.45, 7) is 4.87. The van der Waals surface area contributed by atoms with Crippen LogP contribution in [0, 0.1) is 13.8 Å². The highest BCUT2D eigenvalue weighted by Gasteiger charge is 2.09. The number of ether oxygens (including phenoxy) is 1. The number of hydrogen-bond acceptors (Lipinski definition) is 3. The lowest BCUT2D eigenvalue weighted by atomic mass is 10.00. The summed E-state index contributed by atoms with van der Waals surface area (Å²) >= 11 is 3.37. The third kappa shape index (κ3) is 4.51. The standard InChI is InChI=1S/C21H22BrNO2/c1-15-11-18(17-7-4-3-5-8-17)12-16(2)21(15)24-10-6-9-20-13-19(14-22)23-25-20/h3-5,7-8,11-13H,6,9-10,14H2,1-2H3. The van der Waals surface area contributed by atoms with E-state index in [0.717, 1.165) is 35.4 Å². The van der Waals surface area contributed by atoms with Crippen LogP contribution in [0.3, 0.4) is 0 Å². The zero-order chi connectivity index (χ0) is 17.6. The van der Waals surface area contributed by atoms with E-state index in [-0.39, 0.29) is 0 Å². The van der Waals surface area contributed by atoms with Gasteiger partial charge >= 0.3 is 0 Å². The number of aromatic nitrogens is 1. The van der Waals surface area contributed by atoms with E-state index in [9.17, 15) is 0 Å². The molecule has 0 aliphatic carbocycles. The van der Waals surface area contributed by atoms with Gasteiger partial charge in [0.2, 0.25) is 0 Å². The van der Waals surface area contributed by atoms with Crippen molar-refractivity contribution in [1.29, 1.82) is 0 Å². The van der Waals surface area contributed by atoms with Gasteiger partial charge in [-0.1, -0.05) is 51.4 Å². The van der Waals surface area contributed by atoms with Crippen LogP contribution in [0.2, 0.25) is 0 Å². The summed E-state index contributed by atoms with van der Waals surface area (Å²) < 4.78 is 11.3. The fourth-order valence-electron chi connectivity index (χ4n) is 2.93. The fourth-order valence-corrected chi connectivity index (χ4v) is 3.20. The van der Waals surface area contributed by atoms with Gasteiger partial charge in [-0.2, -0.15) is 0 Å². The number of benzene rings is 2. The van der Waals surface area contributed by atoms with Crippen LogP contribution in [0.5, 0.6) is 5.75 Å². The number of alkyl halides is 1. The van der Waals surface area contributed by atoms with Gasteiger partial charge < -0.3 is 9.26 Å². The Balaban J connectivity index is 1.61. The molecular weight excluding hydrogens is 378 g/mol. The van der Waals surface area contributed by atoms with Crippen molar-refractivity contribution in [2.24, 2.45) is 0 Å². The van der Waals surface area contributed by atoms with Gasteiger partial charge in [0.15, 0.2) is 0 Å². The first kappa shape index (κ1) is 17.7. The molecule has 0 aliphatic rings. The summed E-state index contributed by atoms with van der Waals surface area (Å²) in [5.41, 5.74) is 5.72. The highest BCUT2D eigenvalue weighted by molar-refractivity contribution is 9.08. The zero-order valence-electron chi connectivity index (χ0n) is 14.6. The second kappa shape index (κ2) is 8.34. The van der Waals surface area contributed by atoms with Gasteiger partial charge in [-0.15, -0.1) is 0 Å². The summed E-state index contributed by atoms with van der Waals surface area (Å²) in [4.78, 5) is 0. The highest BCUT2D eigenvalue weighted by Crippen LogP contribution is 2.30. The lowest BCUT2D eigenvalue weighted by molar-refractivity contribution is 0.296. The van der Waals surface area contributed by atoms with Crippen molar-refractivity contribution >= 4 is 15.9 Å². The molecule has 1 heterocycles. The normalized spacial score (nSPS) is 10.8. The van der Waals surface area contributed by atoms with Crippen LogP contribution in [0.25, 0.3) is 11.1 Å². The van der Waals surface area contributed by atoms with E-state index < -0.39 is 0 Å². The molecule has 0 radical (unpaired) electrons. The molecular formula is C21H22BrNO2. The molecule has 1 aromatic heterocycles. The van der Waals surface area contributed by atoms with Crippen molar-refractivity contribution in [2.75, 3.05) is 6.61 Å². The van der Waals surface area contributed by atoms with E-state index in [1.165, 1.54) is 22.3 Å². The van der Waals surface area contributed by atoms with Crippen molar-refractivity contribution in [2.45, 2.75) is 32.0 Å². The van der Waals surface area contributed by atoms with Crippen molar-refractivity contribution in [3.8, 4) is 16.9 Å². The maximum atomic E-state index is 6.04. The number of halogens is 1. The van der Waals surface area contributed by atoms with Gasteiger partial charge in [0.05, 0.1) is 12.3 Å². The summed E-state index contributed by atoms with van der Waals surface area (Å²) in [5, 5.41) is 4.70. The SMILES string of the molecule is Cc1cc(-c2ccccc2)cc(C)c1OCCCc1cc(CBr)no1. The minimum atomic E-state index is 0.663. The van der Waals surface area contributed by atoms with Crippen LogP contribution >= 0.6 is 15.9 Å². The fraction of sp³-hybridized carbons (Fsp3) is 0.286. The van der Waals surface area contributed by atoms with E-state index in [4.69, 9.17) is 9.26 Å². The lowest BCUT2D eigenvalue weighted by Gasteiger charge is -2.14. The lowest BCUT2D eigenvalue weighted by Crippen LogP contribution is -2.02. The molecule has 0 N–H and O–H groups in total. The number of nitrogens with zero attached hydrogens (tertiary/aromatic N) is 1. The van der Waals surface area contributed by atoms with E-state index in [1.807, 2.05) is 12.1 Å². The van der Waals surface area contributed by atoms with Crippen LogP contribution in [0.15, 0.2) is 53.1 Å². The van der Waals surface area contributed by atoms with Crippen molar-refractivity contribution in [3.63, 3.8) is 0 Å². The zero-order valence-corrected chi connectivity index (χ0v) is 16.2. The molecule has 0 saturated carbocycles. The van der Waals surface area contributed by atoms with Crippen LogP contribution in [0.1, 0.15) is 29.0 Å². The molecule has 0 bridgehead atoms. The summed E-state index contributed by atoms with van der Waals surface area (Å²) in [6, 6.07) is 16.8. The molecule has 3 nitrogen and oxygen atoms in total. The van der Waals surface area contributed by atoms with Gasteiger partial charge in [-0.3, -0.25) is 0 Å². The molecule has 2 aromatic carbocycles. The first-order valence-corrected chi connectivity index (χ1v) is 9.59. The Morgan fingerprint density at radius 2 is 1.72 bits per heavy atom. The molecule has 0 spiro atoms. The number of aryl methyl sites for hydroxylation is 3. The molecule has 4 heteroatoms.